The standard InChI is InChI=1S/C21H23BrO10/c1-26-10-8-9(20(23)24)11(16(28-3)15(10)27-2)12-13(21(25)32-7)14(22)18(30-5)19(31-6)17(12)29-4/h8H,1-7H3,(H,23,24). The second kappa shape index (κ2) is 10.3. The molecule has 174 valence electrons. The van der Waals surface area contributed by atoms with Gasteiger partial charge >= 0.3 is 11.9 Å². The van der Waals surface area contributed by atoms with Crippen LogP contribution < -0.4 is 28.4 Å². The van der Waals surface area contributed by atoms with Gasteiger partial charge in [-0.2, -0.15) is 0 Å². The third-order valence-corrected chi connectivity index (χ3v) is 5.38. The van der Waals surface area contributed by atoms with E-state index in [-0.39, 0.29) is 61.2 Å². The van der Waals surface area contributed by atoms with E-state index in [0.717, 1.165) is 0 Å². The van der Waals surface area contributed by atoms with Crippen LogP contribution in [0.25, 0.3) is 11.1 Å². The molecule has 0 bridgehead atoms. The van der Waals surface area contributed by atoms with Crippen molar-refractivity contribution in [3.05, 3.63) is 21.7 Å². The summed E-state index contributed by atoms with van der Waals surface area (Å²) >= 11 is 3.35. The first-order valence-electron chi connectivity index (χ1n) is 8.93. The fourth-order valence-electron chi connectivity index (χ4n) is 3.32. The lowest BCUT2D eigenvalue weighted by Crippen LogP contribution is -2.12. The Morgan fingerprint density at radius 3 is 1.62 bits per heavy atom. The third-order valence-electron chi connectivity index (χ3n) is 4.62. The van der Waals surface area contributed by atoms with Crippen molar-refractivity contribution in [2.75, 3.05) is 49.8 Å². The minimum atomic E-state index is -1.32. The van der Waals surface area contributed by atoms with Crippen molar-refractivity contribution in [2.24, 2.45) is 0 Å². The van der Waals surface area contributed by atoms with E-state index in [2.05, 4.69) is 15.9 Å². The Hall–Kier alpha value is -3.34. The number of carboxylic acids is 1. The van der Waals surface area contributed by atoms with Crippen LogP contribution in [0.15, 0.2) is 10.5 Å². The second-order valence-corrected chi connectivity index (χ2v) is 6.82. The number of esters is 1. The molecule has 2 rings (SSSR count). The van der Waals surface area contributed by atoms with Gasteiger partial charge in [0.05, 0.1) is 65.4 Å². The van der Waals surface area contributed by atoms with Crippen molar-refractivity contribution >= 4 is 27.9 Å². The highest BCUT2D eigenvalue weighted by molar-refractivity contribution is 9.10. The number of methoxy groups -OCH3 is 7. The molecule has 0 atom stereocenters. The zero-order chi connectivity index (χ0) is 24.2. The first-order valence-corrected chi connectivity index (χ1v) is 9.73. The largest absolute Gasteiger partial charge is 0.493 e. The quantitative estimate of drug-likeness (QED) is 0.496. The smallest absolute Gasteiger partial charge is 0.339 e. The minimum absolute atomic E-state index is 0.00757. The molecular weight excluding hydrogens is 492 g/mol. The van der Waals surface area contributed by atoms with E-state index in [4.69, 9.17) is 33.2 Å². The summed E-state index contributed by atoms with van der Waals surface area (Å²) in [6.45, 7) is 0. The van der Waals surface area contributed by atoms with Crippen molar-refractivity contribution < 1.29 is 47.9 Å². The maximum absolute atomic E-state index is 12.9. The number of carbonyl (C=O) groups is 2. The maximum Gasteiger partial charge on any atom is 0.339 e. The Balaban J connectivity index is 3.30. The molecule has 0 unspecified atom stereocenters. The predicted octanol–water partition coefficient (Wildman–Crippen LogP) is 3.65. The summed E-state index contributed by atoms with van der Waals surface area (Å²) in [5.74, 6) is -1.62. The molecule has 10 nitrogen and oxygen atoms in total. The number of hydrogen-bond donors (Lipinski definition) is 1. The van der Waals surface area contributed by atoms with E-state index in [1.165, 1.54) is 55.8 Å². The molecule has 0 amide bonds. The number of hydrogen-bond acceptors (Lipinski definition) is 9. The van der Waals surface area contributed by atoms with Crippen molar-refractivity contribution in [3.8, 4) is 45.6 Å². The SMILES string of the molecule is COC(=O)c1c(Br)c(OC)c(OC)c(OC)c1-c1c(C(=O)O)cc(OC)c(OC)c1OC. The Morgan fingerprint density at radius 1 is 0.719 bits per heavy atom. The lowest BCUT2D eigenvalue weighted by molar-refractivity contribution is 0.0598. The van der Waals surface area contributed by atoms with Gasteiger partial charge in [-0.25, -0.2) is 9.59 Å². The number of rotatable bonds is 9. The Labute approximate surface area is 193 Å². The number of carbonyl (C=O) groups excluding carboxylic acids is 1. The summed E-state index contributed by atoms with van der Waals surface area (Å²) in [6, 6.07) is 1.25. The van der Waals surface area contributed by atoms with Gasteiger partial charge in [-0.15, -0.1) is 0 Å². The summed E-state index contributed by atoms with van der Waals surface area (Å²) in [4.78, 5) is 25.1. The number of aromatic carboxylic acids is 1. The van der Waals surface area contributed by atoms with Crippen LogP contribution in [0.5, 0.6) is 34.5 Å². The lowest BCUT2D eigenvalue weighted by Gasteiger charge is -2.24. The highest BCUT2D eigenvalue weighted by atomic mass is 79.9. The highest BCUT2D eigenvalue weighted by Crippen LogP contribution is 2.56. The maximum atomic E-state index is 12.9. The fraction of sp³-hybridized carbons (Fsp3) is 0.333. The summed E-state index contributed by atoms with van der Waals surface area (Å²) in [7, 11) is 9.33. The topological polar surface area (TPSA) is 119 Å². The van der Waals surface area contributed by atoms with E-state index in [1.807, 2.05) is 0 Å². The fourth-order valence-corrected chi connectivity index (χ4v) is 4.02. The van der Waals surface area contributed by atoms with Gasteiger partial charge in [0, 0.05) is 11.1 Å². The zero-order valence-electron chi connectivity index (χ0n) is 18.6. The van der Waals surface area contributed by atoms with Gasteiger partial charge in [0.25, 0.3) is 0 Å². The van der Waals surface area contributed by atoms with Crippen molar-refractivity contribution in [3.63, 3.8) is 0 Å². The zero-order valence-corrected chi connectivity index (χ0v) is 20.2. The minimum Gasteiger partial charge on any atom is -0.493 e. The molecule has 0 fully saturated rings. The van der Waals surface area contributed by atoms with E-state index in [1.54, 1.807) is 0 Å². The van der Waals surface area contributed by atoms with Gasteiger partial charge in [0.2, 0.25) is 11.5 Å². The van der Waals surface area contributed by atoms with Gasteiger partial charge in [0.15, 0.2) is 23.0 Å². The van der Waals surface area contributed by atoms with Crippen LogP contribution in [0.4, 0.5) is 0 Å². The molecule has 1 N–H and O–H groups in total. The molecule has 0 aliphatic heterocycles. The molecule has 0 radical (unpaired) electrons. The third kappa shape index (κ3) is 3.95. The number of carboxylic acid groups (broad SMARTS) is 1. The monoisotopic (exact) mass is 514 g/mol. The molecule has 11 heteroatoms. The molecule has 0 heterocycles. The number of benzene rings is 2. The second-order valence-electron chi connectivity index (χ2n) is 6.03. The van der Waals surface area contributed by atoms with Crippen LogP contribution in [0.3, 0.4) is 0 Å². The van der Waals surface area contributed by atoms with Crippen LogP contribution in [0.1, 0.15) is 20.7 Å². The normalized spacial score (nSPS) is 10.2. The van der Waals surface area contributed by atoms with E-state index in [0.29, 0.717) is 0 Å². The average molecular weight is 515 g/mol. The number of halogens is 1. The molecule has 0 aromatic heterocycles. The first kappa shape index (κ1) is 24.9. The van der Waals surface area contributed by atoms with E-state index >= 15 is 0 Å². The van der Waals surface area contributed by atoms with Gasteiger partial charge in [-0.3, -0.25) is 0 Å². The van der Waals surface area contributed by atoms with Crippen molar-refractivity contribution in [1.82, 2.24) is 0 Å². The Kier molecular flexibility index (Phi) is 8.03. The summed E-state index contributed by atoms with van der Waals surface area (Å²) in [6.07, 6.45) is 0. The van der Waals surface area contributed by atoms with Gasteiger partial charge in [-0.05, 0) is 22.0 Å². The molecule has 0 aliphatic carbocycles. The first-order chi connectivity index (χ1) is 15.3. The molecular formula is C21H23BrO10. The van der Waals surface area contributed by atoms with E-state index in [9.17, 15) is 14.7 Å². The molecule has 2 aromatic rings. The van der Waals surface area contributed by atoms with Crippen molar-refractivity contribution in [2.45, 2.75) is 0 Å². The molecule has 0 aliphatic rings. The Morgan fingerprint density at radius 2 is 1.22 bits per heavy atom. The molecule has 32 heavy (non-hydrogen) atoms. The summed E-state index contributed by atoms with van der Waals surface area (Å²) in [5, 5.41) is 10.0. The van der Waals surface area contributed by atoms with Gasteiger partial charge < -0.3 is 38.3 Å². The lowest BCUT2D eigenvalue weighted by atomic mass is 9.91. The van der Waals surface area contributed by atoms with Crippen LogP contribution in [0, 0.1) is 0 Å². The van der Waals surface area contributed by atoms with Crippen LogP contribution in [-0.2, 0) is 4.74 Å². The van der Waals surface area contributed by atoms with Crippen molar-refractivity contribution in [1.29, 1.82) is 0 Å². The molecule has 2 aromatic carbocycles. The summed E-state index contributed by atoms with van der Waals surface area (Å²) in [5.41, 5.74) is -0.312. The van der Waals surface area contributed by atoms with Gasteiger partial charge in [0.1, 0.15) is 0 Å². The van der Waals surface area contributed by atoms with Crippen LogP contribution in [0.2, 0.25) is 0 Å². The highest BCUT2D eigenvalue weighted by Gasteiger charge is 2.36. The summed E-state index contributed by atoms with van der Waals surface area (Å²) < 4.78 is 37.8. The molecule has 0 saturated carbocycles. The molecule has 0 spiro atoms. The van der Waals surface area contributed by atoms with Gasteiger partial charge in [-0.1, -0.05) is 0 Å². The van der Waals surface area contributed by atoms with Crippen LogP contribution >= 0.6 is 15.9 Å². The Bertz CT molecular complexity index is 1050. The predicted molar refractivity (Wildman–Crippen MR) is 117 cm³/mol. The molecule has 0 saturated heterocycles. The average Bonchev–Trinajstić information content (AvgIpc) is 2.80. The van der Waals surface area contributed by atoms with E-state index < -0.39 is 11.9 Å². The number of ether oxygens (including phenoxy) is 7. The van der Waals surface area contributed by atoms with Crippen LogP contribution in [-0.4, -0.2) is 66.8 Å².